The second-order valence-electron chi connectivity index (χ2n) is 5.02. The normalized spacial score (nSPS) is 20.2. The van der Waals surface area contributed by atoms with Crippen LogP contribution in [0.2, 0.25) is 0 Å². The van der Waals surface area contributed by atoms with Gasteiger partial charge in [0.15, 0.2) is 0 Å². The molecule has 0 radical (unpaired) electrons. The van der Waals surface area contributed by atoms with Crippen molar-refractivity contribution in [2.75, 3.05) is 33.3 Å². The SMILES string of the molecule is COc1ccccc1C1CCN(CCCCN)C1. The van der Waals surface area contributed by atoms with Crippen LogP contribution in [0.3, 0.4) is 0 Å². The minimum absolute atomic E-state index is 0.624. The number of nitrogens with two attached hydrogens (primary N) is 1. The molecule has 0 amide bonds. The Morgan fingerprint density at radius 2 is 2.17 bits per heavy atom. The van der Waals surface area contributed by atoms with E-state index in [0.717, 1.165) is 25.3 Å². The smallest absolute Gasteiger partial charge is 0.122 e. The summed E-state index contributed by atoms with van der Waals surface area (Å²) in [5.41, 5.74) is 6.90. The molecule has 0 saturated carbocycles. The predicted octanol–water partition coefficient (Wildman–Crippen LogP) is 2.22. The van der Waals surface area contributed by atoms with Crippen molar-refractivity contribution < 1.29 is 4.74 Å². The summed E-state index contributed by atoms with van der Waals surface area (Å²) < 4.78 is 5.46. The summed E-state index contributed by atoms with van der Waals surface area (Å²) in [4.78, 5) is 2.55. The molecule has 3 heteroatoms. The zero-order valence-corrected chi connectivity index (χ0v) is 11.3. The number of unbranched alkanes of at least 4 members (excludes halogenated alkanes) is 1. The second kappa shape index (κ2) is 6.76. The van der Waals surface area contributed by atoms with Crippen LogP contribution in [-0.4, -0.2) is 38.2 Å². The number of benzene rings is 1. The van der Waals surface area contributed by atoms with Gasteiger partial charge in [-0.05, 0) is 50.5 Å². The van der Waals surface area contributed by atoms with Gasteiger partial charge < -0.3 is 15.4 Å². The second-order valence-corrected chi connectivity index (χ2v) is 5.02. The Morgan fingerprint density at radius 3 is 2.94 bits per heavy atom. The zero-order valence-electron chi connectivity index (χ0n) is 11.3. The number of rotatable bonds is 6. The van der Waals surface area contributed by atoms with E-state index >= 15 is 0 Å². The highest BCUT2D eigenvalue weighted by atomic mass is 16.5. The van der Waals surface area contributed by atoms with Gasteiger partial charge >= 0.3 is 0 Å². The molecule has 2 N–H and O–H groups in total. The number of hydrogen-bond donors (Lipinski definition) is 1. The van der Waals surface area contributed by atoms with Gasteiger partial charge in [-0.1, -0.05) is 18.2 Å². The van der Waals surface area contributed by atoms with Crippen molar-refractivity contribution in [2.24, 2.45) is 5.73 Å². The van der Waals surface area contributed by atoms with Gasteiger partial charge in [-0.3, -0.25) is 0 Å². The lowest BCUT2D eigenvalue weighted by atomic mass is 9.97. The van der Waals surface area contributed by atoms with E-state index in [1.54, 1.807) is 7.11 Å². The summed E-state index contributed by atoms with van der Waals surface area (Å²) in [6.45, 7) is 4.35. The maximum atomic E-state index is 5.53. The largest absolute Gasteiger partial charge is 0.496 e. The lowest BCUT2D eigenvalue weighted by Crippen LogP contribution is -2.22. The number of methoxy groups -OCH3 is 1. The number of hydrogen-bond acceptors (Lipinski definition) is 3. The van der Waals surface area contributed by atoms with E-state index < -0.39 is 0 Å². The van der Waals surface area contributed by atoms with E-state index in [1.807, 2.05) is 6.07 Å². The lowest BCUT2D eigenvalue weighted by molar-refractivity contribution is 0.325. The van der Waals surface area contributed by atoms with Crippen LogP contribution >= 0.6 is 0 Å². The summed E-state index contributed by atoms with van der Waals surface area (Å²) in [6, 6.07) is 8.41. The molecule has 18 heavy (non-hydrogen) atoms. The quantitative estimate of drug-likeness (QED) is 0.785. The maximum absolute atomic E-state index is 5.53. The summed E-state index contributed by atoms with van der Waals surface area (Å²) in [5, 5.41) is 0. The summed E-state index contributed by atoms with van der Waals surface area (Å²) >= 11 is 0. The molecule has 1 aliphatic rings. The van der Waals surface area contributed by atoms with Gasteiger partial charge in [-0.25, -0.2) is 0 Å². The standard InChI is InChI=1S/C15H24N2O/c1-18-15-7-3-2-6-14(15)13-8-11-17(12-13)10-5-4-9-16/h2-3,6-7,13H,4-5,8-12,16H2,1H3. The van der Waals surface area contributed by atoms with Crippen molar-refractivity contribution in [1.82, 2.24) is 4.90 Å². The Morgan fingerprint density at radius 1 is 1.33 bits per heavy atom. The number of likely N-dealkylation sites (tertiary alicyclic amines) is 1. The van der Waals surface area contributed by atoms with Crippen molar-refractivity contribution in [2.45, 2.75) is 25.2 Å². The lowest BCUT2D eigenvalue weighted by Gasteiger charge is -2.17. The molecule has 0 bridgehead atoms. The van der Waals surface area contributed by atoms with E-state index in [0.29, 0.717) is 5.92 Å². The molecule has 2 rings (SSSR count). The molecule has 1 unspecified atom stereocenters. The molecule has 1 atom stereocenters. The van der Waals surface area contributed by atoms with E-state index in [2.05, 4.69) is 23.1 Å². The van der Waals surface area contributed by atoms with Crippen LogP contribution in [0.15, 0.2) is 24.3 Å². The van der Waals surface area contributed by atoms with Crippen LogP contribution in [0, 0.1) is 0 Å². The summed E-state index contributed by atoms with van der Waals surface area (Å²) in [5.74, 6) is 1.66. The first kappa shape index (κ1) is 13.4. The average Bonchev–Trinajstić information content (AvgIpc) is 2.88. The molecule has 1 fully saturated rings. The highest BCUT2D eigenvalue weighted by Crippen LogP contribution is 2.33. The fourth-order valence-electron chi connectivity index (χ4n) is 2.77. The average molecular weight is 248 g/mol. The first-order chi connectivity index (χ1) is 8.85. The molecule has 3 nitrogen and oxygen atoms in total. The Balaban J connectivity index is 1.91. The molecular formula is C15H24N2O. The Hall–Kier alpha value is -1.06. The summed E-state index contributed by atoms with van der Waals surface area (Å²) in [7, 11) is 1.76. The predicted molar refractivity (Wildman–Crippen MR) is 75.1 cm³/mol. The van der Waals surface area contributed by atoms with Crippen LogP contribution in [-0.2, 0) is 0 Å². The molecule has 0 spiro atoms. The van der Waals surface area contributed by atoms with E-state index in [-0.39, 0.29) is 0 Å². The van der Waals surface area contributed by atoms with Crippen molar-refractivity contribution in [3.8, 4) is 5.75 Å². The minimum Gasteiger partial charge on any atom is -0.496 e. The van der Waals surface area contributed by atoms with E-state index in [1.165, 1.54) is 31.5 Å². The van der Waals surface area contributed by atoms with Gasteiger partial charge in [0.05, 0.1) is 7.11 Å². The third kappa shape index (κ3) is 3.24. The van der Waals surface area contributed by atoms with Gasteiger partial charge in [0.2, 0.25) is 0 Å². The van der Waals surface area contributed by atoms with Gasteiger partial charge in [-0.15, -0.1) is 0 Å². The molecule has 1 aliphatic heterocycles. The highest BCUT2D eigenvalue weighted by molar-refractivity contribution is 5.36. The van der Waals surface area contributed by atoms with Crippen molar-refractivity contribution >= 4 is 0 Å². The molecule has 0 aromatic heterocycles. The van der Waals surface area contributed by atoms with E-state index in [9.17, 15) is 0 Å². The number of nitrogens with zero attached hydrogens (tertiary/aromatic N) is 1. The molecule has 100 valence electrons. The van der Waals surface area contributed by atoms with Crippen LogP contribution < -0.4 is 10.5 Å². The molecule has 1 saturated heterocycles. The van der Waals surface area contributed by atoms with Gasteiger partial charge in [0.1, 0.15) is 5.75 Å². The zero-order chi connectivity index (χ0) is 12.8. The Kier molecular flexibility index (Phi) is 5.02. The van der Waals surface area contributed by atoms with Gasteiger partial charge in [0.25, 0.3) is 0 Å². The first-order valence-corrected chi connectivity index (χ1v) is 6.90. The van der Waals surface area contributed by atoms with Crippen molar-refractivity contribution in [1.29, 1.82) is 0 Å². The minimum atomic E-state index is 0.624. The van der Waals surface area contributed by atoms with Crippen LogP contribution in [0.25, 0.3) is 0 Å². The van der Waals surface area contributed by atoms with Gasteiger partial charge in [0, 0.05) is 12.5 Å². The molecule has 1 heterocycles. The number of para-hydroxylation sites is 1. The topological polar surface area (TPSA) is 38.5 Å². The van der Waals surface area contributed by atoms with Gasteiger partial charge in [-0.2, -0.15) is 0 Å². The Bertz CT molecular complexity index is 367. The summed E-state index contributed by atoms with van der Waals surface area (Å²) in [6.07, 6.45) is 3.59. The fourth-order valence-corrected chi connectivity index (χ4v) is 2.77. The van der Waals surface area contributed by atoms with Crippen LogP contribution in [0.4, 0.5) is 0 Å². The van der Waals surface area contributed by atoms with Crippen LogP contribution in [0.1, 0.15) is 30.7 Å². The molecule has 1 aromatic rings. The van der Waals surface area contributed by atoms with Crippen molar-refractivity contribution in [3.63, 3.8) is 0 Å². The van der Waals surface area contributed by atoms with Crippen molar-refractivity contribution in [3.05, 3.63) is 29.8 Å². The third-order valence-electron chi connectivity index (χ3n) is 3.78. The first-order valence-electron chi connectivity index (χ1n) is 6.90. The molecular weight excluding hydrogens is 224 g/mol. The maximum Gasteiger partial charge on any atom is 0.122 e. The number of ether oxygens (including phenoxy) is 1. The fraction of sp³-hybridized carbons (Fsp3) is 0.600. The van der Waals surface area contributed by atoms with E-state index in [4.69, 9.17) is 10.5 Å². The molecule has 0 aliphatic carbocycles. The monoisotopic (exact) mass is 248 g/mol. The Labute approximate surface area is 110 Å². The van der Waals surface area contributed by atoms with Crippen LogP contribution in [0.5, 0.6) is 5.75 Å². The third-order valence-corrected chi connectivity index (χ3v) is 3.78. The molecule has 1 aromatic carbocycles. The highest BCUT2D eigenvalue weighted by Gasteiger charge is 2.25.